The van der Waals surface area contributed by atoms with Crippen LogP contribution in [-0.4, -0.2) is 38.7 Å². The fourth-order valence-corrected chi connectivity index (χ4v) is 3.48. The van der Waals surface area contributed by atoms with Crippen molar-refractivity contribution in [3.05, 3.63) is 60.6 Å². The summed E-state index contributed by atoms with van der Waals surface area (Å²) < 4.78 is 1.97. The molecule has 24 heavy (non-hydrogen) atoms. The molecule has 3 heterocycles. The number of hydrogen-bond acceptors (Lipinski definition) is 3. The third-order valence-electron chi connectivity index (χ3n) is 4.71. The number of amides is 1. The summed E-state index contributed by atoms with van der Waals surface area (Å²) in [4.78, 5) is 19.2. The molecule has 1 amide bonds. The van der Waals surface area contributed by atoms with E-state index in [0.29, 0.717) is 6.42 Å². The predicted octanol–water partition coefficient (Wildman–Crippen LogP) is 2.84. The molecule has 2 aromatic heterocycles. The normalized spacial score (nSPS) is 18.0. The largest absolute Gasteiger partial charge is 0.340 e. The first-order valence-electron chi connectivity index (χ1n) is 8.41. The molecular weight excluding hydrogens is 300 g/mol. The highest BCUT2D eigenvalue weighted by Crippen LogP contribution is 2.22. The van der Waals surface area contributed by atoms with Gasteiger partial charge in [-0.05, 0) is 30.5 Å². The van der Waals surface area contributed by atoms with Crippen molar-refractivity contribution in [2.45, 2.75) is 25.3 Å². The first kappa shape index (κ1) is 14.9. The van der Waals surface area contributed by atoms with Crippen LogP contribution in [0.15, 0.2) is 55.0 Å². The van der Waals surface area contributed by atoms with Crippen molar-refractivity contribution in [3.63, 3.8) is 0 Å². The molecule has 1 fully saturated rings. The zero-order valence-corrected chi connectivity index (χ0v) is 13.5. The Morgan fingerprint density at radius 2 is 2.08 bits per heavy atom. The highest BCUT2D eigenvalue weighted by molar-refractivity contribution is 5.87. The van der Waals surface area contributed by atoms with Gasteiger partial charge in [-0.15, -0.1) is 0 Å². The Hall–Kier alpha value is -2.69. The summed E-state index contributed by atoms with van der Waals surface area (Å²) in [5, 5.41) is 5.41. The monoisotopic (exact) mass is 320 g/mol. The van der Waals surface area contributed by atoms with Gasteiger partial charge in [-0.2, -0.15) is 5.10 Å². The molecule has 3 aromatic rings. The van der Waals surface area contributed by atoms with Gasteiger partial charge in [0.25, 0.3) is 0 Å². The van der Waals surface area contributed by atoms with E-state index in [4.69, 9.17) is 0 Å². The van der Waals surface area contributed by atoms with Crippen molar-refractivity contribution >= 4 is 16.8 Å². The molecule has 0 radical (unpaired) electrons. The number of piperidine rings is 1. The Morgan fingerprint density at radius 1 is 1.17 bits per heavy atom. The highest BCUT2D eigenvalue weighted by Gasteiger charge is 2.25. The fourth-order valence-electron chi connectivity index (χ4n) is 3.48. The van der Waals surface area contributed by atoms with E-state index >= 15 is 0 Å². The zero-order chi connectivity index (χ0) is 16.4. The Bertz CT molecular complexity index is 838. The molecule has 5 nitrogen and oxygen atoms in total. The first-order chi connectivity index (χ1) is 11.8. The second-order valence-corrected chi connectivity index (χ2v) is 6.29. The second-order valence-electron chi connectivity index (χ2n) is 6.29. The van der Waals surface area contributed by atoms with Crippen molar-refractivity contribution < 1.29 is 4.79 Å². The molecule has 1 aromatic carbocycles. The molecule has 0 aliphatic carbocycles. The molecule has 0 bridgehead atoms. The molecule has 0 spiro atoms. The Kier molecular flexibility index (Phi) is 3.99. The lowest BCUT2D eigenvalue weighted by molar-refractivity contribution is -0.132. The number of aromatic nitrogens is 3. The van der Waals surface area contributed by atoms with Crippen LogP contribution in [0, 0.1) is 0 Å². The molecule has 0 unspecified atom stereocenters. The van der Waals surface area contributed by atoms with Crippen molar-refractivity contribution in [1.29, 1.82) is 0 Å². The molecule has 1 atom stereocenters. The van der Waals surface area contributed by atoms with Crippen LogP contribution in [0.1, 0.15) is 24.4 Å². The van der Waals surface area contributed by atoms with Gasteiger partial charge in [-0.1, -0.05) is 24.3 Å². The van der Waals surface area contributed by atoms with Gasteiger partial charge in [0.2, 0.25) is 5.91 Å². The van der Waals surface area contributed by atoms with Crippen molar-refractivity contribution in [2.24, 2.45) is 0 Å². The minimum absolute atomic E-state index is 0.171. The van der Waals surface area contributed by atoms with Crippen LogP contribution in [0.4, 0.5) is 0 Å². The number of para-hydroxylation sites is 1. The smallest absolute Gasteiger partial charge is 0.227 e. The van der Waals surface area contributed by atoms with Gasteiger partial charge < -0.3 is 4.90 Å². The van der Waals surface area contributed by atoms with Crippen LogP contribution < -0.4 is 0 Å². The number of nitrogens with zero attached hydrogens (tertiary/aromatic N) is 4. The van der Waals surface area contributed by atoms with E-state index in [1.807, 2.05) is 52.2 Å². The zero-order valence-electron chi connectivity index (χ0n) is 13.5. The van der Waals surface area contributed by atoms with Gasteiger partial charge in [-0.25, -0.2) is 0 Å². The van der Waals surface area contributed by atoms with Crippen molar-refractivity contribution in [1.82, 2.24) is 19.7 Å². The van der Waals surface area contributed by atoms with Crippen molar-refractivity contribution in [3.8, 4) is 0 Å². The Morgan fingerprint density at radius 3 is 2.96 bits per heavy atom. The minimum atomic E-state index is 0.171. The summed E-state index contributed by atoms with van der Waals surface area (Å²) in [6.45, 7) is 1.56. The third kappa shape index (κ3) is 2.89. The summed E-state index contributed by atoms with van der Waals surface area (Å²) in [7, 11) is 0. The lowest BCUT2D eigenvalue weighted by atomic mass is 10.0. The summed E-state index contributed by atoms with van der Waals surface area (Å²) in [6, 6.07) is 12.2. The number of carbonyl (C=O) groups is 1. The molecule has 0 saturated carbocycles. The van der Waals surface area contributed by atoms with Crippen LogP contribution >= 0.6 is 0 Å². The molecule has 1 saturated heterocycles. The van der Waals surface area contributed by atoms with Crippen LogP contribution in [0.25, 0.3) is 10.9 Å². The standard InChI is InChI=1S/C19H20N4O/c24-18(13-16-6-1-5-15-7-2-9-20-19(15)16)22-11-3-8-17(14-22)23-12-4-10-21-23/h1-2,4-7,9-10,12,17H,3,8,11,13-14H2/t17-/m1/s1. The summed E-state index contributed by atoms with van der Waals surface area (Å²) in [5.41, 5.74) is 1.92. The Balaban J connectivity index is 1.51. The number of carbonyl (C=O) groups excluding carboxylic acids is 1. The summed E-state index contributed by atoms with van der Waals surface area (Å²) in [5.74, 6) is 0.171. The summed E-state index contributed by atoms with van der Waals surface area (Å²) in [6.07, 6.45) is 8.05. The quantitative estimate of drug-likeness (QED) is 0.745. The van der Waals surface area contributed by atoms with Crippen LogP contribution in [0.3, 0.4) is 0 Å². The Labute approximate surface area is 140 Å². The predicted molar refractivity (Wildman–Crippen MR) is 92.5 cm³/mol. The minimum Gasteiger partial charge on any atom is -0.340 e. The van der Waals surface area contributed by atoms with Gasteiger partial charge in [0.15, 0.2) is 0 Å². The number of pyridine rings is 1. The number of rotatable bonds is 3. The number of fused-ring (bicyclic) bond motifs is 1. The van der Waals surface area contributed by atoms with Crippen LogP contribution in [0.2, 0.25) is 0 Å². The summed E-state index contributed by atoms with van der Waals surface area (Å²) >= 11 is 0. The van der Waals surface area contributed by atoms with E-state index in [2.05, 4.69) is 10.1 Å². The van der Waals surface area contributed by atoms with E-state index in [9.17, 15) is 4.79 Å². The highest BCUT2D eigenvalue weighted by atomic mass is 16.2. The van der Waals surface area contributed by atoms with E-state index in [0.717, 1.165) is 42.4 Å². The van der Waals surface area contributed by atoms with Crippen molar-refractivity contribution in [2.75, 3.05) is 13.1 Å². The lowest BCUT2D eigenvalue weighted by Crippen LogP contribution is -2.41. The third-order valence-corrected chi connectivity index (χ3v) is 4.71. The average molecular weight is 320 g/mol. The number of hydrogen-bond donors (Lipinski definition) is 0. The SMILES string of the molecule is O=C(Cc1cccc2cccnc12)N1CCC[C@@H](n2cccn2)C1. The topological polar surface area (TPSA) is 51.0 Å². The maximum Gasteiger partial charge on any atom is 0.227 e. The van der Waals surface area contributed by atoms with Gasteiger partial charge in [-0.3, -0.25) is 14.5 Å². The molecule has 4 rings (SSSR count). The molecular formula is C19H20N4O. The van der Waals surface area contributed by atoms with Gasteiger partial charge in [0.05, 0.1) is 18.0 Å². The number of benzene rings is 1. The maximum atomic E-state index is 12.8. The van der Waals surface area contributed by atoms with Gasteiger partial charge in [0, 0.05) is 37.1 Å². The lowest BCUT2D eigenvalue weighted by Gasteiger charge is -2.33. The van der Waals surface area contributed by atoms with E-state index in [-0.39, 0.29) is 11.9 Å². The van der Waals surface area contributed by atoms with Gasteiger partial charge in [0.1, 0.15) is 0 Å². The molecule has 1 aliphatic heterocycles. The van der Waals surface area contributed by atoms with E-state index < -0.39 is 0 Å². The second kappa shape index (κ2) is 6.43. The first-order valence-corrected chi connectivity index (χ1v) is 8.41. The number of likely N-dealkylation sites (tertiary alicyclic amines) is 1. The van der Waals surface area contributed by atoms with Crippen LogP contribution in [0.5, 0.6) is 0 Å². The molecule has 0 N–H and O–H groups in total. The van der Waals surface area contributed by atoms with Crippen LogP contribution in [-0.2, 0) is 11.2 Å². The average Bonchev–Trinajstić information content (AvgIpc) is 3.17. The molecule has 122 valence electrons. The maximum absolute atomic E-state index is 12.8. The van der Waals surface area contributed by atoms with E-state index in [1.54, 1.807) is 12.4 Å². The fraction of sp³-hybridized carbons (Fsp3) is 0.316. The molecule has 1 aliphatic rings. The van der Waals surface area contributed by atoms with Gasteiger partial charge >= 0.3 is 0 Å². The molecule has 5 heteroatoms. The van der Waals surface area contributed by atoms with E-state index in [1.165, 1.54) is 0 Å².